The quantitative estimate of drug-likeness (QED) is 0.476. The fourth-order valence-corrected chi connectivity index (χ4v) is 0.531. The van der Waals surface area contributed by atoms with Crippen LogP contribution in [0.2, 0.25) is 0 Å². The number of nitrogens with two attached hydrogens (primary N) is 1. The molecule has 1 amide bonds. The van der Waals surface area contributed by atoms with Crippen LogP contribution in [0.5, 0.6) is 0 Å². The lowest BCUT2D eigenvalue weighted by molar-refractivity contribution is -0.118. The number of amides is 1. The molecule has 0 saturated heterocycles. The zero-order chi connectivity index (χ0) is 8.15. The number of carbonyl (C=O) groups is 1. The van der Waals surface area contributed by atoms with E-state index in [1.165, 1.54) is 6.92 Å². The first-order valence-electron chi connectivity index (χ1n) is 3.18. The smallest absolute Gasteiger partial charge is 0.217 e. The van der Waals surface area contributed by atoms with Crippen molar-refractivity contribution in [3.8, 4) is 0 Å². The highest BCUT2D eigenvalue weighted by Crippen LogP contribution is 2.00. The average Bonchev–Trinajstić information content (AvgIpc) is 1.82. The van der Waals surface area contributed by atoms with E-state index in [9.17, 15) is 4.79 Å². The van der Waals surface area contributed by atoms with E-state index in [-0.39, 0.29) is 12.8 Å². The summed E-state index contributed by atoms with van der Waals surface area (Å²) in [7, 11) is 0. The fraction of sp³-hybridized carbons (Fsp3) is 0.833. The monoisotopic (exact) mass is 147 g/mol. The third-order valence-corrected chi connectivity index (χ3v) is 1.24. The molecule has 0 aromatic rings. The Morgan fingerprint density at radius 2 is 2.10 bits per heavy atom. The first-order chi connectivity index (χ1) is 4.54. The van der Waals surface area contributed by atoms with Gasteiger partial charge in [0.2, 0.25) is 5.91 Å². The zero-order valence-corrected chi connectivity index (χ0v) is 5.95. The van der Waals surface area contributed by atoms with Crippen LogP contribution in [0.25, 0.3) is 0 Å². The van der Waals surface area contributed by atoms with Gasteiger partial charge in [-0.05, 0) is 13.3 Å². The molecule has 1 unspecified atom stereocenters. The normalized spacial score (nSPS) is 16.3. The Balaban J connectivity index is 3.39. The van der Waals surface area contributed by atoms with E-state index in [0.29, 0.717) is 0 Å². The van der Waals surface area contributed by atoms with Gasteiger partial charge in [-0.3, -0.25) is 4.79 Å². The molecule has 0 aromatic heterocycles. The lowest BCUT2D eigenvalue weighted by atomic mass is 10.1. The highest BCUT2D eigenvalue weighted by molar-refractivity contribution is 5.73. The van der Waals surface area contributed by atoms with E-state index in [0.717, 1.165) is 0 Å². The number of rotatable bonds is 4. The highest BCUT2D eigenvalue weighted by atomic mass is 16.3. The Morgan fingerprint density at radius 3 is 2.40 bits per heavy atom. The van der Waals surface area contributed by atoms with E-state index in [1.807, 2.05) is 0 Å². The molecule has 0 spiro atoms. The number of primary amides is 1. The summed E-state index contributed by atoms with van der Waals surface area (Å²) < 4.78 is 0. The molecule has 0 saturated carbocycles. The second kappa shape index (κ2) is 4.24. The molecule has 0 aromatic carbocycles. The summed E-state index contributed by atoms with van der Waals surface area (Å²) in [6.45, 7) is 1.46. The summed E-state index contributed by atoms with van der Waals surface area (Å²) in [6.07, 6.45) is -1.29. The van der Waals surface area contributed by atoms with Gasteiger partial charge in [-0.1, -0.05) is 0 Å². The van der Waals surface area contributed by atoms with Gasteiger partial charge in [0.25, 0.3) is 0 Å². The maximum Gasteiger partial charge on any atom is 0.217 e. The molecule has 0 radical (unpaired) electrons. The van der Waals surface area contributed by atoms with E-state index in [1.54, 1.807) is 0 Å². The second-order valence-electron chi connectivity index (χ2n) is 2.31. The lowest BCUT2D eigenvalue weighted by Crippen LogP contribution is -2.24. The molecule has 4 N–H and O–H groups in total. The topological polar surface area (TPSA) is 83.6 Å². The minimum absolute atomic E-state index is 0.117. The van der Waals surface area contributed by atoms with Crippen LogP contribution >= 0.6 is 0 Å². The minimum Gasteiger partial charge on any atom is -0.391 e. The van der Waals surface area contributed by atoms with Crippen LogP contribution in [0, 0.1) is 0 Å². The summed E-state index contributed by atoms with van der Waals surface area (Å²) in [4.78, 5) is 10.2. The molecule has 10 heavy (non-hydrogen) atoms. The molecule has 0 aliphatic heterocycles. The lowest BCUT2D eigenvalue weighted by Gasteiger charge is -2.11. The van der Waals surface area contributed by atoms with Gasteiger partial charge in [-0.15, -0.1) is 0 Å². The molecule has 2 atom stereocenters. The Kier molecular flexibility index (Phi) is 3.99. The number of carbonyl (C=O) groups excluding carboxylic acids is 1. The van der Waals surface area contributed by atoms with Gasteiger partial charge < -0.3 is 15.9 Å². The van der Waals surface area contributed by atoms with Crippen molar-refractivity contribution in [3.63, 3.8) is 0 Å². The maximum atomic E-state index is 10.2. The first-order valence-corrected chi connectivity index (χ1v) is 3.18. The van der Waals surface area contributed by atoms with Gasteiger partial charge in [0, 0.05) is 6.42 Å². The molecule has 0 fully saturated rings. The van der Waals surface area contributed by atoms with Crippen LogP contribution in [0.4, 0.5) is 0 Å². The standard InChI is InChI=1S/C6H13NO3/c1-4(8)5(9)2-3-6(7)10/h4-5,8-9H,2-3H2,1H3,(H2,7,10)/t4-,5?/m1/s1. The van der Waals surface area contributed by atoms with Crippen LogP contribution in [0.15, 0.2) is 0 Å². The molecule has 4 heteroatoms. The van der Waals surface area contributed by atoms with Crippen molar-refractivity contribution in [1.82, 2.24) is 0 Å². The molecule has 0 aliphatic carbocycles. The Labute approximate surface area is 59.7 Å². The third-order valence-electron chi connectivity index (χ3n) is 1.24. The van der Waals surface area contributed by atoms with E-state index < -0.39 is 18.1 Å². The van der Waals surface area contributed by atoms with Crippen LogP contribution in [-0.4, -0.2) is 28.3 Å². The molecule has 0 rings (SSSR count). The number of hydrogen-bond acceptors (Lipinski definition) is 3. The highest BCUT2D eigenvalue weighted by Gasteiger charge is 2.10. The van der Waals surface area contributed by atoms with Crippen molar-refractivity contribution < 1.29 is 15.0 Å². The van der Waals surface area contributed by atoms with E-state index >= 15 is 0 Å². The van der Waals surface area contributed by atoms with Crippen molar-refractivity contribution in [2.75, 3.05) is 0 Å². The summed E-state index contributed by atoms with van der Waals surface area (Å²) in [5.41, 5.74) is 4.81. The molecule has 0 heterocycles. The van der Waals surface area contributed by atoms with Gasteiger partial charge in [0.15, 0.2) is 0 Å². The van der Waals surface area contributed by atoms with Crippen molar-refractivity contribution in [2.24, 2.45) is 5.73 Å². The Hall–Kier alpha value is -0.610. The van der Waals surface area contributed by atoms with Crippen LogP contribution in [0.1, 0.15) is 19.8 Å². The molecule has 4 nitrogen and oxygen atoms in total. The van der Waals surface area contributed by atoms with Crippen LogP contribution < -0.4 is 5.73 Å². The SMILES string of the molecule is C[C@@H](O)C(O)CCC(N)=O. The Morgan fingerprint density at radius 1 is 1.60 bits per heavy atom. The summed E-state index contributed by atoms with van der Waals surface area (Å²) in [6, 6.07) is 0. The molecule has 0 aliphatic rings. The van der Waals surface area contributed by atoms with Gasteiger partial charge in [0.1, 0.15) is 0 Å². The first kappa shape index (κ1) is 9.39. The maximum absolute atomic E-state index is 10.2. The second-order valence-corrected chi connectivity index (χ2v) is 2.31. The minimum atomic E-state index is -0.840. The van der Waals surface area contributed by atoms with E-state index in [4.69, 9.17) is 15.9 Å². The number of aliphatic hydroxyl groups excluding tert-OH is 2. The predicted molar refractivity (Wildman–Crippen MR) is 36.1 cm³/mol. The van der Waals surface area contributed by atoms with Gasteiger partial charge in [-0.25, -0.2) is 0 Å². The third kappa shape index (κ3) is 4.29. The van der Waals surface area contributed by atoms with Crippen molar-refractivity contribution in [2.45, 2.75) is 32.0 Å². The number of hydrogen-bond donors (Lipinski definition) is 3. The largest absolute Gasteiger partial charge is 0.391 e. The fourth-order valence-electron chi connectivity index (χ4n) is 0.531. The summed E-state index contributed by atoms with van der Waals surface area (Å²) in [5, 5.41) is 17.6. The summed E-state index contributed by atoms with van der Waals surface area (Å²) in [5.74, 6) is -0.459. The van der Waals surface area contributed by atoms with Crippen molar-refractivity contribution >= 4 is 5.91 Å². The van der Waals surface area contributed by atoms with Gasteiger partial charge >= 0.3 is 0 Å². The number of aliphatic hydroxyl groups is 2. The molecular weight excluding hydrogens is 134 g/mol. The van der Waals surface area contributed by atoms with E-state index in [2.05, 4.69) is 0 Å². The van der Waals surface area contributed by atoms with Gasteiger partial charge in [-0.2, -0.15) is 0 Å². The van der Waals surface area contributed by atoms with Crippen molar-refractivity contribution in [1.29, 1.82) is 0 Å². The van der Waals surface area contributed by atoms with Crippen LogP contribution in [0.3, 0.4) is 0 Å². The zero-order valence-electron chi connectivity index (χ0n) is 5.95. The molecular formula is C6H13NO3. The molecule has 0 bridgehead atoms. The predicted octanol–water partition coefficient (Wildman–Crippen LogP) is -1.01. The summed E-state index contributed by atoms with van der Waals surface area (Å²) >= 11 is 0. The van der Waals surface area contributed by atoms with Crippen molar-refractivity contribution in [3.05, 3.63) is 0 Å². The molecule has 60 valence electrons. The van der Waals surface area contributed by atoms with Crippen LogP contribution in [-0.2, 0) is 4.79 Å². The average molecular weight is 147 g/mol. The Bertz CT molecular complexity index is 114. The van der Waals surface area contributed by atoms with Gasteiger partial charge in [0.05, 0.1) is 12.2 Å².